The van der Waals surface area contributed by atoms with E-state index in [-0.39, 0.29) is 6.10 Å². The summed E-state index contributed by atoms with van der Waals surface area (Å²) < 4.78 is 0. The number of aliphatic hydroxyl groups excluding tert-OH is 1. The van der Waals surface area contributed by atoms with Gasteiger partial charge in [-0.15, -0.1) is 0 Å². The normalized spacial score (nSPS) is 21.5. The molecule has 0 spiro atoms. The molecule has 0 amide bonds. The van der Waals surface area contributed by atoms with E-state index in [0.717, 1.165) is 44.6 Å². The number of aliphatic hydroxyl groups is 1. The number of rotatable bonds is 3. The largest absolute Gasteiger partial charge is 0.411 e. The Morgan fingerprint density at radius 3 is 2.54 bits per heavy atom. The minimum absolute atomic E-state index is 0.215. The van der Waals surface area contributed by atoms with Gasteiger partial charge in [-0.25, -0.2) is 0 Å². The van der Waals surface area contributed by atoms with Crippen LogP contribution in [0.4, 0.5) is 0 Å². The highest BCUT2D eigenvalue weighted by molar-refractivity contribution is 5.84. The molecule has 76 valence electrons. The molecule has 1 fully saturated rings. The molecular formula is C9H18N2O2. The third-order valence-corrected chi connectivity index (χ3v) is 2.51. The number of hydrogen-bond acceptors (Lipinski definition) is 4. The van der Waals surface area contributed by atoms with Crippen LogP contribution >= 0.6 is 0 Å². The topological polar surface area (TPSA) is 56.1 Å². The van der Waals surface area contributed by atoms with Gasteiger partial charge in [0.25, 0.3) is 0 Å². The fourth-order valence-corrected chi connectivity index (χ4v) is 1.52. The molecule has 0 aliphatic carbocycles. The molecule has 0 radical (unpaired) electrons. The van der Waals surface area contributed by atoms with Gasteiger partial charge in [-0.05, 0) is 6.42 Å². The molecule has 0 aromatic carbocycles. The molecule has 1 atom stereocenters. The summed E-state index contributed by atoms with van der Waals surface area (Å²) in [5.74, 6) is 0. The minimum Gasteiger partial charge on any atom is -0.411 e. The average Bonchev–Trinajstić information content (AvgIpc) is 2.19. The molecule has 2 N–H and O–H groups in total. The van der Waals surface area contributed by atoms with Crippen LogP contribution in [0.1, 0.15) is 26.2 Å². The van der Waals surface area contributed by atoms with E-state index in [1.54, 1.807) is 0 Å². The van der Waals surface area contributed by atoms with E-state index >= 15 is 0 Å². The number of hydrogen-bond donors (Lipinski definition) is 2. The highest BCUT2D eigenvalue weighted by atomic mass is 16.4. The Bertz CT molecular complexity index is 172. The van der Waals surface area contributed by atoms with Crippen molar-refractivity contribution < 1.29 is 10.3 Å². The fourth-order valence-electron chi connectivity index (χ4n) is 1.52. The van der Waals surface area contributed by atoms with Crippen molar-refractivity contribution in [2.24, 2.45) is 5.16 Å². The molecule has 1 heterocycles. The summed E-state index contributed by atoms with van der Waals surface area (Å²) in [5.41, 5.74) is 0.877. The Hall–Kier alpha value is -0.610. The molecule has 4 heteroatoms. The van der Waals surface area contributed by atoms with Crippen LogP contribution in [0.3, 0.4) is 0 Å². The number of nitrogens with zero attached hydrogens (tertiary/aromatic N) is 2. The molecular weight excluding hydrogens is 168 g/mol. The van der Waals surface area contributed by atoms with Gasteiger partial charge in [-0.2, -0.15) is 0 Å². The second-order valence-electron chi connectivity index (χ2n) is 3.53. The lowest BCUT2D eigenvalue weighted by atomic mass is 10.1. The minimum atomic E-state index is -0.215. The number of β-amino-alcohol motifs (C(OH)–C–C–N with tert-alkyl or cyclic N) is 1. The summed E-state index contributed by atoms with van der Waals surface area (Å²) in [4.78, 5) is 2.21. The predicted octanol–water partition coefficient (Wildman–Crippen LogP) is 0.683. The van der Waals surface area contributed by atoms with Crippen molar-refractivity contribution in [3.63, 3.8) is 0 Å². The molecule has 1 saturated heterocycles. The summed E-state index contributed by atoms with van der Waals surface area (Å²) in [6, 6.07) is 0. The van der Waals surface area contributed by atoms with Crippen LogP contribution in [0, 0.1) is 0 Å². The van der Waals surface area contributed by atoms with Crippen molar-refractivity contribution in [1.29, 1.82) is 0 Å². The van der Waals surface area contributed by atoms with Crippen LogP contribution in [0.15, 0.2) is 5.16 Å². The zero-order chi connectivity index (χ0) is 9.68. The molecule has 0 bridgehead atoms. The lowest BCUT2D eigenvalue weighted by Crippen LogP contribution is -2.38. The van der Waals surface area contributed by atoms with E-state index in [2.05, 4.69) is 10.1 Å². The monoisotopic (exact) mass is 186 g/mol. The molecule has 0 aromatic heterocycles. The van der Waals surface area contributed by atoms with E-state index in [4.69, 9.17) is 5.21 Å². The van der Waals surface area contributed by atoms with E-state index < -0.39 is 0 Å². The molecule has 13 heavy (non-hydrogen) atoms. The van der Waals surface area contributed by atoms with Crippen molar-refractivity contribution in [2.45, 2.75) is 32.3 Å². The zero-order valence-corrected chi connectivity index (χ0v) is 8.11. The van der Waals surface area contributed by atoms with Gasteiger partial charge in [0.1, 0.15) is 0 Å². The van der Waals surface area contributed by atoms with Gasteiger partial charge < -0.3 is 15.2 Å². The van der Waals surface area contributed by atoms with Gasteiger partial charge in [0.05, 0.1) is 11.8 Å². The Kier molecular flexibility index (Phi) is 4.18. The molecule has 1 aliphatic rings. The van der Waals surface area contributed by atoms with E-state index in [0.29, 0.717) is 0 Å². The SMILES string of the molecule is CCC(O)CN1CCC(=NO)CC1. The Labute approximate surface area is 78.9 Å². The molecule has 0 saturated carbocycles. The molecule has 1 unspecified atom stereocenters. The molecule has 0 aromatic rings. The number of piperidine rings is 1. The average molecular weight is 186 g/mol. The van der Waals surface area contributed by atoms with Gasteiger partial charge in [-0.3, -0.25) is 0 Å². The van der Waals surface area contributed by atoms with Crippen LogP contribution in [-0.4, -0.2) is 46.7 Å². The highest BCUT2D eigenvalue weighted by Gasteiger charge is 2.16. The van der Waals surface area contributed by atoms with Crippen LogP contribution in [0.25, 0.3) is 0 Å². The van der Waals surface area contributed by atoms with Crippen molar-refractivity contribution >= 4 is 5.71 Å². The van der Waals surface area contributed by atoms with Crippen LogP contribution in [-0.2, 0) is 0 Å². The maximum Gasteiger partial charge on any atom is 0.0664 e. The third kappa shape index (κ3) is 3.32. The second kappa shape index (κ2) is 5.19. The number of oxime groups is 1. The Morgan fingerprint density at radius 1 is 1.46 bits per heavy atom. The third-order valence-electron chi connectivity index (χ3n) is 2.51. The van der Waals surface area contributed by atoms with Crippen LogP contribution in [0.5, 0.6) is 0 Å². The van der Waals surface area contributed by atoms with Crippen molar-refractivity contribution in [3.8, 4) is 0 Å². The van der Waals surface area contributed by atoms with Crippen molar-refractivity contribution in [2.75, 3.05) is 19.6 Å². The van der Waals surface area contributed by atoms with Crippen molar-refractivity contribution in [3.05, 3.63) is 0 Å². The Balaban J connectivity index is 2.25. The second-order valence-corrected chi connectivity index (χ2v) is 3.53. The summed E-state index contributed by atoms with van der Waals surface area (Å²) in [5, 5.41) is 21.1. The summed E-state index contributed by atoms with van der Waals surface area (Å²) in [6.07, 6.45) is 2.24. The van der Waals surface area contributed by atoms with E-state index in [1.807, 2.05) is 6.92 Å². The Morgan fingerprint density at radius 2 is 2.08 bits per heavy atom. The van der Waals surface area contributed by atoms with E-state index in [1.165, 1.54) is 0 Å². The van der Waals surface area contributed by atoms with Gasteiger partial charge >= 0.3 is 0 Å². The standard InChI is InChI=1S/C9H18N2O2/c1-2-9(12)7-11-5-3-8(10-13)4-6-11/h9,12-13H,2-7H2,1H3. The summed E-state index contributed by atoms with van der Waals surface area (Å²) >= 11 is 0. The van der Waals surface area contributed by atoms with Crippen LogP contribution < -0.4 is 0 Å². The van der Waals surface area contributed by atoms with Crippen molar-refractivity contribution in [1.82, 2.24) is 4.90 Å². The predicted molar refractivity (Wildman–Crippen MR) is 51.2 cm³/mol. The molecule has 4 nitrogen and oxygen atoms in total. The first-order valence-corrected chi connectivity index (χ1v) is 4.86. The first kappa shape index (κ1) is 10.5. The zero-order valence-electron chi connectivity index (χ0n) is 8.11. The fraction of sp³-hybridized carbons (Fsp3) is 0.889. The highest BCUT2D eigenvalue weighted by Crippen LogP contribution is 2.08. The first-order chi connectivity index (χ1) is 6.26. The molecule has 1 rings (SSSR count). The van der Waals surface area contributed by atoms with Gasteiger partial charge in [0, 0.05) is 32.5 Å². The lowest BCUT2D eigenvalue weighted by molar-refractivity contribution is 0.108. The quantitative estimate of drug-likeness (QED) is 0.503. The molecule has 1 aliphatic heterocycles. The maximum absolute atomic E-state index is 9.41. The lowest BCUT2D eigenvalue weighted by Gasteiger charge is -2.28. The first-order valence-electron chi connectivity index (χ1n) is 4.86. The van der Waals surface area contributed by atoms with Gasteiger partial charge in [-0.1, -0.05) is 12.1 Å². The summed E-state index contributed by atoms with van der Waals surface area (Å²) in [6.45, 7) is 4.53. The summed E-state index contributed by atoms with van der Waals surface area (Å²) in [7, 11) is 0. The number of likely N-dealkylation sites (tertiary alicyclic amines) is 1. The van der Waals surface area contributed by atoms with Gasteiger partial charge in [0.2, 0.25) is 0 Å². The maximum atomic E-state index is 9.41. The smallest absolute Gasteiger partial charge is 0.0664 e. The van der Waals surface area contributed by atoms with Crippen LogP contribution in [0.2, 0.25) is 0 Å². The van der Waals surface area contributed by atoms with E-state index in [9.17, 15) is 5.11 Å². The van der Waals surface area contributed by atoms with Gasteiger partial charge in [0.15, 0.2) is 0 Å².